The molecular weight excluding hydrogens is 584 g/mol. The molecule has 2 atom stereocenters. The molecule has 2 aromatic carbocycles. The van der Waals surface area contributed by atoms with Crippen LogP contribution in [0.15, 0.2) is 46.7 Å². The molecule has 4 rings (SSSR count). The van der Waals surface area contributed by atoms with Crippen molar-refractivity contribution in [3.63, 3.8) is 0 Å². The fraction of sp³-hybridized carbons (Fsp3) is 0.357. The molecule has 0 radical (unpaired) electrons. The molecule has 0 spiro atoms. The number of hydrogen-bond acceptors (Lipinski definition) is 9. The second-order valence-electron chi connectivity index (χ2n) is 9.10. The summed E-state index contributed by atoms with van der Waals surface area (Å²) in [4.78, 5) is 56.9. The van der Waals surface area contributed by atoms with Gasteiger partial charge in [0.2, 0.25) is 18.4 Å². The number of nitrogens with zero attached hydrogens (tertiary/aromatic N) is 2. The maximum Gasteiger partial charge on any atom is 0.254 e. The van der Waals surface area contributed by atoms with Gasteiger partial charge in [0.05, 0.1) is 19.4 Å². The van der Waals surface area contributed by atoms with E-state index in [1.165, 1.54) is 13.8 Å². The van der Waals surface area contributed by atoms with Crippen molar-refractivity contribution in [2.45, 2.75) is 59.9 Å². The van der Waals surface area contributed by atoms with Crippen LogP contribution in [0.2, 0.25) is 0 Å². The number of oxime groups is 2. The molecular formula is C28H31BrN4O7. The molecule has 0 fully saturated rings. The highest BCUT2D eigenvalue weighted by atomic mass is 79.9. The summed E-state index contributed by atoms with van der Waals surface area (Å²) in [5.74, 6) is -0.0764. The Morgan fingerprint density at radius 2 is 1.32 bits per heavy atom. The lowest BCUT2D eigenvalue weighted by molar-refractivity contribution is 0.0494. The zero-order chi connectivity index (χ0) is 29.4. The molecule has 0 bridgehead atoms. The van der Waals surface area contributed by atoms with Crippen LogP contribution in [0.25, 0.3) is 0 Å². The Hall–Kier alpha value is -4.06. The van der Waals surface area contributed by atoms with Gasteiger partial charge in [-0.2, -0.15) is 0 Å². The normalized spacial score (nSPS) is 17.2. The number of aryl methyl sites for hydroxylation is 2. The van der Waals surface area contributed by atoms with E-state index in [4.69, 9.17) is 14.4 Å². The molecule has 2 amide bonds. The molecule has 0 saturated carbocycles. The molecule has 0 aromatic heterocycles. The van der Waals surface area contributed by atoms with Gasteiger partial charge in [0, 0.05) is 22.3 Å². The third kappa shape index (κ3) is 8.22. The first-order chi connectivity index (χ1) is 19.0. The number of amides is 2. The first kappa shape index (κ1) is 30.5. The van der Waals surface area contributed by atoms with E-state index >= 15 is 0 Å². The van der Waals surface area contributed by atoms with E-state index in [9.17, 15) is 19.2 Å². The van der Waals surface area contributed by atoms with E-state index in [-0.39, 0.29) is 23.4 Å². The summed E-state index contributed by atoms with van der Waals surface area (Å²) >= 11 is 3.20. The van der Waals surface area contributed by atoms with Crippen LogP contribution in [0.3, 0.4) is 0 Å². The van der Waals surface area contributed by atoms with Crippen LogP contribution in [0, 0.1) is 13.8 Å². The van der Waals surface area contributed by atoms with E-state index in [1.54, 1.807) is 50.2 Å². The number of rotatable bonds is 7. The zero-order valence-electron chi connectivity index (χ0n) is 22.9. The van der Waals surface area contributed by atoms with Crippen molar-refractivity contribution in [3.05, 3.63) is 69.8 Å². The van der Waals surface area contributed by atoms with E-state index < -0.39 is 12.5 Å². The van der Waals surface area contributed by atoms with Gasteiger partial charge in [0.1, 0.15) is 4.62 Å². The van der Waals surface area contributed by atoms with Crippen LogP contribution < -0.4 is 10.6 Å². The van der Waals surface area contributed by atoms with Gasteiger partial charge in [0.15, 0.2) is 11.6 Å². The standard InChI is InChI=1S/C15H18N2O4.C13H13BrN2O3/c1-4-20-14-8-13(21-17-14)16-15(19)12-6-5-11(10(3)18)7-9(12)2;1-7-5-9(8(2)17)3-4-10(7)13(18)15-12-6-11(14)16-19-12/h5-7,13H,4,8H2,1-3H3,(H,16,19);3-5,12H,6H2,1-2H3,(H,15,18). The van der Waals surface area contributed by atoms with Gasteiger partial charge in [-0.05, 0) is 91.1 Å². The molecule has 2 aromatic rings. The van der Waals surface area contributed by atoms with E-state index in [1.807, 2.05) is 6.92 Å². The van der Waals surface area contributed by atoms with E-state index in [0.717, 1.165) is 11.1 Å². The molecule has 2 aliphatic rings. The summed E-state index contributed by atoms with van der Waals surface area (Å²) in [5, 5.41) is 12.9. The Morgan fingerprint density at radius 1 is 0.850 bits per heavy atom. The fourth-order valence-electron chi connectivity index (χ4n) is 3.83. The minimum absolute atomic E-state index is 0.0217. The largest absolute Gasteiger partial charge is 0.479 e. The van der Waals surface area contributed by atoms with Gasteiger partial charge in [0.25, 0.3) is 11.8 Å². The molecule has 11 nitrogen and oxygen atoms in total. The van der Waals surface area contributed by atoms with Crippen LogP contribution in [0.5, 0.6) is 0 Å². The minimum atomic E-state index is -0.522. The maximum atomic E-state index is 12.2. The number of halogens is 1. The van der Waals surface area contributed by atoms with Crippen molar-refractivity contribution < 1.29 is 33.6 Å². The third-order valence-corrected chi connectivity index (χ3v) is 6.39. The minimum Gasteiger partial charge on any atom is -0.479 e. The SMILES string of the molecule is CC(=O)c1ccc(C(=O)NC2CC(Br)=NO2)c(C)c1.CCOC1=NOC(NC(=O)c2ccc(C(C)=O)cc2C)C1. The maximum absolute atomic E-state index is 12.2. The average Bonchev–Trinajstić information content (AvgIpc) is 3.52. The Morgan fingerprint density at radius 3 is 1.73 bits per heavy atom. The van der Waals surface area contributed by atoms with Crippen LogP contribution in [-0.2, 0) is 14.4 Å². The first-order valence-corrected chi connectivity index (χ1v) is 13.4. The number of hydrogen-bond donors (Lipinski definition) is 2. The number of nitrogens with one attached hydrogen (secondary N) is 2. The Kier molecular flexibility index (Phi) is 10.5. The Labute approximate surface area is 240 Å². The van der Waals surface area contributed by atoms with Crippen molar-refractivity contribution in [2.75, 3.05) is 6.61 Å². The van der Waals surface area contributed by atoms with Crippen molar-refractivity contribution in [2.24, 2.45) is 10.3 Å². The molecule has 2 unspecified atom stereocenters. The molecule has 2 aliphatic heterocycles. The highest BCUT2D eigenvalue weighted by Crippen LogP contribution is 2.16. The van der Waals surface area contributed by atoms with Crippen molar-refractivity contribution >= 4 is 49.8 Å². The summed E-state index contributed by atoms with van der Waals surface area (Å²) in [6.07, 6.45) is -0.0554. The van der Waals surface area contributed by atoms with E-state index in [2.05, 4.69) is 36.9 Å². The predicted octanol–water partition coefficient (Wildman–Crippen LogP) is 4.41. The van der Waals surface area contributed by atoms with Crippen LogP contribution in [-0.4, -0.2) is 53.0 Å². The summed E-state index contributed by atoms with van der Waals surface area (Å²) in [6, 6.07) is 9.98. The average molecular weight is 615 g/mol. The summed E-state index contributed by atoms with van der Waals surface area (Å²) in [7, 11) is 0. The molecule has 2 heterocycles. The zero-order valence-corrected chi connectivity index (χ0v) is 24.5. The van der Waals surface area contributed by atoms with Gasteiger partial charge in [-0.3, -0.25) is 19.2 Å². The van der Waals surface area contributed by atoms with Gasteiger partial charge in [-0.15, -0.1) is 0 Å². The Balaban J connectivity index is 0.000000222. The van der Waals surface area contributed by atoms with Crippen LogP contribution in [0.4, 0.5) is 0 Å². The van der Waals surface area contributed by atoms with Gasteiger partial charge < -0.3 is 25.0 Å². The number of ether oxygens (including phenoxy) is 1. The second-order valence-corrected chi connectivity index (χ2v) is 10.0. The highest BCUT2D eigenvalue weighted by Gasteiger charge is 2.25. The Bertz CT molecular complexity index is 1370. The number of carbonyl (C=O) groups is 4. The quantitative estimate of drug-likeness (QED) is 0.439. The lowest BCUT2D eigenvalue weighted by atomic mass is 10.0. The molecule has 0 aliphatic carbocycles. The lowest BCUT2D eigenvalue weighted by Crippen LogP contribution is -2.35. The van der Waals surface area contributed by atoms with E-state index in [0.29, 0.717) is 52.2 Å². The summed E-state index contributed by atoms with van der Waals surface area (Å²) < 4.78 is 5.89. The fourth-order valence-corrected chi connectivity index (χ4v) is 4.21. The molecule has 0 saturated heterocycles. The second kappa shape index (κ2) is 13.8. The number of benzene rings is 2. The predicted molar refractivity (Wildman–Crippen MR) is 152 cm³/mol. The van der Waals surface area contributed by atoms with Crippen LogP contribution in [0.1, 0.15) is 86.2 Å². The molecule has 40 heavy (non-hydrogen) atoms. The lowest BCUT2D eigenvalue weighted by Gasteiger charge is -2.12. The van der Waals surface area contributed by atoms with Gasteiger partial charge in [-0.25, -0.2) is 0 Å². The summed E-state index contributed by atoms with van der Waals surface area (Å²) in [5.41, 5.74) is 3.71. The summed E-state index contributed by atoms with van der Waals surface area (Å²) in [6.45, 7) is 8.94. The third-order valence-electron chi connectivity index (χ3n) is 5.92. The molecule has 12 heteroatoms. The smallest absolute Gasteiger partial charge is 0.254 e. The number of ketones is 2. The first-order valence-electron chi connectivity index (χ1n) is 12.6. The van der Waals surface area contributed by atoms with Crippen molar-refractivity contribution in [1.82, 2.24) is 10.6 Å². The van der Waals surface area contributed by atoms with Gasteiger partial charge in [-0.1, -0.05) is 17.3 Å². The topological polar surface area (TPSA) is 145 Å². The van der Waals surface area contributed by atoms with Crippen molar-refractivity contribution in [1.29, 1.82) is 0 Å². The number of Topliss-reactive ketones (excluding diaryl/α,β-unsaturated/α-hetero) is 2. The van der Waals surface area contributed by atoms with Crippen LogP contribution >= 0.6 is 15.9 Å². The molecule has 2 N–H and O–H groups in total. The highest BCUT2D eigenvalue weighted by molar-refractivity contribution is 9.18. The van der Waals surface area contributed by atoms with Gasteiger partial charge >= 0.3 is 0 Å². The number of carbonyl (C=O) groups excluding carboxylic acids is 4. The molecule has 212 valence electrons. The van der Waals surface area contributed by atoms with Crippen molar-refractivity contribution in [3.8, 4) is 0 Å². The monoisotopic (exact) mass is 614 g/mol.